The largest absolute Gasteiger partial charge is 0.488 e. The van der Waals surface area contributed by atoms with E-state index in [0.29, 0.717) is 6.54 Å². The monoisotopic (exact) mass is 479 g/mol. The number of aliphatic hydroxyl groups excluding tert-OH is 1. The first kappa shape index (κ1) is 24.3. The molecule has 2 aliphatic carbocycles. The second-order valence-corrected chi connectivity index (χ2v) is 11.2. The van der Waals surface area contributed by atoms with Crippen LogP contribution in [0.15, 0.2) is 30.3 Å². The number of hydrogen-bond donors (Lipinski definition) is 3. The summed E-state index contributed by atoms with van der Waals surface area (Å²) in [5, 5.41) is 23.6. The van der Waals surface area contributed by atoms with Crippen molar-refractivity contribution < 1.29 is 24.5 Å². The number of aliphatic hydroxyl groups is 1. The average Bonchev–Trinajstić information content (AvgIpc) is 3.12. The molecule has 1 heterocycles. The molecule has 1 saturated carbocycles. The fourth-order valence-corrected chi connectivity index (χ4v) is 5.89. The third-order valence-electron chi connectivity index (χ3n) is 7.85. The van der Waals surface area contributed by atoms with E-state index in [1.807, 2.05) is 26.0 Å². The molecule has 188 valence electrons. The van der Waals surface area contributed by atoms with E-state index in [1.165, 1.54) is 36.0 Å². The number of aryl methyl sites for hydroxylation is 3. The Morgan fingerprint density at radius 3 is 2.77 bits per heavy atom. The Balaban J connectivity index is 1.15. The zero-order chi connectivity index (χ0) is 24.9. The zero-order valence-corrected chi connectivity index (χ0v) is 21.1. The van der Waals surface area contributed by atoms with E-state index >= 15 is 0 Å². The molecule has 2 aromatic rings. The van der Waals surface area contributed by atoms with Crippen LogP contribution in [0.5, 0.6) is 5.75 Å². The molecule has 3 N–H and O–H groups in total. The standard InChI is InChI=1S/C29H37NO5/c1-16-8-11-22(23-24-25(28(32)33)27(24)35-26(16)23)17(2)34-15-21(31)14-30-29(3,4)13-18-9-10-19-6-5-7-20(19)12-18/h8-12,17,21,24-25,27,30-31H,5-7,13-15H2,1-4H3,(H,32,33)/t17-,21?,24+,25+,27+/m1/s1. The SMILES string of the molecule is Cc1ccc([C@@H](C)OCC(O)CNC(C)(C)Cc2ccc3c(c2)CCC3)c2c1O[C@@H]1[C@@H](C(=O)O)[C@H]21. The zero-order valence-electron chi connectivity index (χ0n) is 21.1. The van der Waals surface area contributed by atoms with Crippen LogP contribution in [0.25, 0.3) is 0 Å². The van der Waals surface area contributed by atoms with Crippen LogP contribution in [0.1, 0.15) is 72.6 Å². The fraction of sp³-hybridized carbons (Fsp3) is 0.552. The molecule has 1 unspecified atom stereocenters. The fourth-order valence-electron chi connectivity index (χ4n) is 5.89. The molecule has 0 spiro atoms. The molecule has 1 fully saturated rings. The highest BCUT2D eigenvalue weighted by Crippen LogP contribution is 2.61. The Hall–Kier alpha value is -2.41. The summed E-state index contributed by atoms with van der Waals surface area (Å²) in [5.41, 5.74) is 7.10. The van der Waals surface area contributed by atoms with E-state index in [4.69, 9.17) is 9.47 Å². The van der Waals surface area contributed by atoms with Crippen LogP contribution in [-0.4, -0.2) is 47.1 Å². The second kappa shape index (κ2) is 9.23. The van der Waals surface area contributed by atoms with Gasteiger partial charge in [-0.1, -0.05) is 30.3 Å². The first-order valence-electron chi connectivity index (χ1n) is 12.8. The van der Waals surface area contributed by atoms with Crippen molar-refractivity contribution in [1.82, 2.24) is 5.32 Å². The number of aliphatic carboxylic acids is 1. The summed E-state index contributed by atoms with van der Waals surface area (Å²) < 4.78 is 12.0. The maximum Gasteiger partial charge on any atom is 0.311 e. The van der Waals surface area contributed by atoms with Gasteiger partial charge >= 0.3 is 5.97 Å². The molecule has 0 saturated heterocycles. The summed E-state index contributed by atoms with van der Waals surface area (Å²) in [6, 6.07) is 10.8. The van der Waals surface area contributed by atoms with Gasteiger partial charge < -0.3 is 25.0 Å². The summed E-state index contributed by atoms with van der Waals surface area (Å²) in [5.74, 6) is -0.579. The Morgan fingerprint density at radius 2 is 2.00 bits per heavy atom. The van der Waals surface area contributed by atoms with E-state index in [-0.39, 0.29) is 30.3 Å². The summed E-state index contributed by atoms with van der Waals surface area (Å²) in [6.45, 7) is 8.89. The number of ether oxygens (including phenoxy) is 2. The minimum Gasteiger partial charge on any atom is -0.488 e. The van der Waals surface area contributed by atoms with Gasteiger partial charge in [0, 0.05) is 23.6 Å². The number of fused-ring (bicyclic) bond motifs is 4. The highest BCUT2D eigenvalue weighted by Gasteiger charge is 2.64. The third-order valence-corrected chi connectivity index (χ3v) is 7.85. The van der Waals surface area contributed by atoms with Gasteiger partial charge in [-0.2, -0.15) is 0 Å². The van der Waals surface area contributed by atoms with E-state index in [0.717, 1.165) is 28.9 Å². The quantitative estimate of drug-likeness (QED) is 0.476. The van der Waals surface area contributed by atoms with E-state index < -0.39 is 18.0 Å². The van der Waals surface area contributed by atoms with Crippen LogP contribution in [0, 0.1) is 12.8 Å². The highest BCUT2D eigenvalue weighted by molar-refractivity contribution is 5.79. The second-order valence-electron chi connectivity index (χ2n) is 11.2. The Bertz CT molecular complexity index is 1130. The van der Waals surface area contributed by atoms with Gasteiger partial charge in [0.1, 0.15) is 17.8 Å². The number of carboxylic acid groups (broad SMARTS) is 1. The Kier molecular flexibility index (Phi) is 6.41. The number of hydrogen-bond acceptors (Lipinski definition) is 5. The van der Waals surface area contributed by atoms with Gasteiger partial charge in [-0.3, -0.25) is 4.79 Å². The van der Waals surface area contributed by atoms with Crippen LogP contribution in [0.4, 0.5) is 0 Å². The van der Waals surface area contributed by atoms with E-state index in [9.17, 15) is 15.0 Å². The van der Waals surface area contributed by atoms with Gasteiger partial charge in [-0.05, 0) is 81.2 Å². The summed E-state index contributed by atoms with van der Waals surface area (Å²) in [6.07, 6.45) is 3.35. The molecule has 0 radical (unpaired) electrons. The van der Waals surface area contributed by atoms with Gasteiger partial charge in [0.15, 0.2) is 0 Å². The number of carbonyl (C=O) groups is 1. The molecule has 5 atom stereocenters. The van der Waals surface area contributed by atoms with Crippen molar-refractivity contribution in [2.45, 2.75) is 83.1 Å². The lowest BCUT2D eigenvalue weighted by Crippen LogP contribution is -2.46. The molecule has 3 aliphatic rings. The van der Waals surface area contributed by atoms with Crippen LogP contribution in [0.3, 0.4) is 0 Å². The number of carboxylic acids is 1. The van der Waals surface area contributed by atoms with Crippen molar-refractivity contribution in [1.29, 1.82) is 0 Å². The van der Waals surface area contributed by atoms with Crippen molar-refractivity contribution in [3.8, 4) is 5.75 Å². The molecule has 0 aromatic heterocycles. The Labute approximate surface area is 207 Å². The van der Waals surface area contributed by atoms with Crippen molar-refractivity contribution in [2.75, 3.05) is 13.2 Å². The van der Waals surface area contributed by atoms with Crippen molar-refractivity contribution in [3.05, 3.63) is 63.7 Å². The van der Waals surface area contributed by atoms with Gasteiger partial charge in [-0.15, -0.1) is 0 Å². The molecule has 35 heavy (non-hydrogen) atoms. The lowest BCUT2D eigenvalue weighted by Gasteiger charge is -2.29. The third kappa shape index (κ3) is 4.84. The van der Waals surface area contributed by atoms with Crippen LogP contribution in [-0.2, 0) is 28.8 Å². The van der Waals surface area contributed by atoms with Gasteiger partial charge in [0.25, 0.3) is 0 Å². The molecule has 1 aliphatic heterocycles. The van der Waals surface area contributed by atoms with Crippen molar-refractivity contribution in [3.63, 3.8) is 0 Å². The smallest absolute Gasteiger partial charge is 0.311 e. The van der Waals surface area contributed by atoms with E-state index in [2.05, 4.69) is 37.4 Å². The predicted octanol–water partition coefficient (Wildman–Crippen LogP) is 4.09. The maximum atomic E-state index is 11.5. The molecule has 2 aromatic carbocycles. The van der Waals surface area contributed by atoms with Gasteiger partial charge in [0.2, 0.25) is 0 Å². The number of β-amino-alcohol motifs (C(OH)–C–C–N with tert-alkyl or cyclic N) is 1. The minimum absolute atomic E-state index is 0.102. The van der Waals surface area contributed by atoms with Crippen LogP contribution < -0.4 is 10.1 Å². The number of nitrogens with one attached hydrogen (secondary N) is 1. The molecule has 6 heteroatoms. The van der Waals surface area contributed by atoms with Gasteiger partial charge in [-0.25, -0.2) is 0 Å². The molecular formula is C29H37NO5. The molecule has 5 rings (SSSR count). The summed E-state index contributed by atoms with van der Waals surface area (Å²) in [4.78, 5) is 11.5. The first-order chi connectivity index (χ1) is 16.6. The lowest BCUT2D eigenvalue weighted by molar-refractivity contribution is -0.139. The van der Waals surface area contributed by atoms with Gasteiger partial charge in [0.05, 0.1) is 18.8 Å². The molecule has 6 nitrogen and oxygen atoms in total. The highest BCUT2D eigenvalue weighted by atomic mass is 16.5. The summed E-state index contributed by atoms with van der Waals surface area (Å²) >= 11 is 0. The first-order valence-corrected chi connectivity index (χ1v) is 12.8. The molecular weight excluding hydrogens is 442 g/mol. The predicted molar refractivity (Wildman–Crippen MR) is 134 cm³/mol. The summed E-state index contributed by atoms with van der Waals surface area (Å²) in [7, 11) is 0. The van der Waals surface area contributed by atoms with Crippen molar-refractivity contribution >= 4 is 5.97 Å². The minimum atomic E-state index is -0.810. The average molecular weight is 480 g/mol. The number of rotatable bonds is 10. The number of benzene rings is 2. The maximum absolute atomic E-state index is 11.5. The van der Waals surface area contributed by atoms with E-state index in [1.54, 1.807) is 0 Å². The van der Waals surface area contributed by atoms with Crippen LogP contribution in [0.2, 0.25) is 0 Å². The topological polar surface area (TPSA) is 88.0 Å². The van der Waals surface area contributed by atoms with Crippen LogP contribution >= 0.6 is 0 Å². The molecule has 0 amide bonds. The Morgan fingerprint density at radius 1 is 1.23 bits per heavy atom. The molecule has 0 bridgehead atoms. The normalized spacial score (nSPS) is 23.7. The van der Waals surface area contributed by atoms with Crippen molar-refractivity contribution in [2.24, 2.45) is 5.92 Å². The lowest BCUT2D eigenvalue weighted by atomic mass is 9.93.